The lowest BCUT2D eigenvalue weighted by Crippen LogP contribution is -2.54. The van der Waals surface area contributed by atoms with E-state index < -0.39 is 0 Å². The maximum absolute atomic E-state index is 6.69. The number of aryl methyl sites for hydroxylation is 1. The largest absolute Gasteiger partial charge is 0.321 e. The van der Waals surface area contributed by atoms with Crippen molar-refractivity contribution in [2.24, 2.45) is 5.73 Å². The predicted molar refractivity (Wildman–Crippen MR) is 82.0 cm³/mol. The average molecular weight is 329 g/mol. The molecule has 4 nitrogen and oxygen atoms in total. The molecule has 108 valence electrons. The molecule has 2 N–H and O–H groups in total. The van der Waals surface area contributed by atoms with Gasteiger partial charge in [0.1, 0.15) is 0 Å². The smallest absolute Gasteiger partial charge is 0.0712 e. The number of rotatable bonds is 4. The number of halogens is 1. The Morgan fingerprint density at radius 3 is 2.58 bits per heavy atom. The van der Waals surface area contributed by atoms with Crippen molar-refractivity contribution < 1.29 is 0 Å². The van der Waals surface area contributed by atoms with Gasteiger partial charge in [0.2, 0.25) is 0 Å². The second-order valence-corrected chi connectivity index (χ2v) is 6.58. The molecule has 2 rings (SSSR count). The van der Waals surface area contributed by atoms with E-state index in [2.05, 4.69) is 46.9 Å². The SMILES string of the molecule is CCn1ncc(Br)c1C(N)C1(N(C)C)CCCCC1. The molecule has 1 heterocycles. The summed E-state index contributed by atoms with van der Waals surface area (Å²) in [5.74, 6) is 0. The van der Waals surface area contributed by atoms with Crippen LogP contribution in [0.2, 0.25) is 0 Å². The Balaban J connectivity index is 2.39. The topological polar surface area (TPSA) is 47.1 Å². The minimum atomic E-state index is -0.000347. The van der Waals surface area contributed by atoms with Crippen LogP contribution < -0.4 is 5.73 Å². The Bertz CT molecular complexity index is 421. The van der Waals surface area contributed by atoms with Crippen LogP contribution in [0.15, 0.2) is 10.7 Å². The first-order chi connectivity index (χ1) is 9.03. The lowest BCUT2D eigenvalue weighted by atomic mass is 9.74. The molecule has 0 saturated heterocycles. The third-order valence-electron chi connectivity index (χ3n) is 4.62. The van der Waals surface area contributed by atoms with Crippen LogP contribution >= 0.6 is 15.9 Å². The van der Waals surface area contributed by atoms with Gasteiger partial charge in [-0.2, -0.15) is 5.10 Å². The molecule has 1 saturated carbocycles. The molecule has 1 aromatic heterocycles. The van der Waals surface area contributed by atoms with Gasteiger partial charge in [-0.05, 0) is 49.8 Å². The van der Waals surface area contributed by atoms with Crippen LogP contribution in [-0.4, -0.2) is 34.3 Å². The van der Waals surface area contributed by atoms with Gasteiger partial charge in [0.25, 0.3) is 0 Å². The highest BCUT2D eigenvalue weighted by molar-refractivity contribution is 9.10. The minimum Gasteiger partial charge on any atom is -0.321 e. The fourth-order valence-electron chi connectivity index (χ4n) is 3.39. The molecule has 1 atom stereocenters. The molecule has 0 radical (unpaired) electrons. The van der Waals surface area contributed by atoms with Crippen LogP contribution in [0.1, 0.15) is 50.8 Å². The number of likely N-dealkylation sites (N-methyl/N-ethyl adjacent to an activating group) is 1. The first-order valence-electron chi connectivity index (χ1n) is 7.17. The van der Waals surface area contributed by atoms with E-state index >= 15 is 0 Å². The molecular formula is C14H25BrN4. The number of nitrogens with two attached hydrogens (primary N) is 1. The lowest BCUT2D eigenvalue weighted by Gasteiger charge is -2.47. The lowest BCUT2D eigenvalue weighted by molar-refractivity contribution is 0.0680. The van der Waals surface area contributed by atoms with Crippen molar-refractivity contribution in [2.75, 3.05) is 14.1 Å². The van der Waals surface area contributed by atoms with Gasteiger partial charge < -0.3 is 10.6 Å². The van der Waals surface area contributed by atoms with E-state index in [1.54, 1.807) is 0 Å². The molecular weight excluding hydrogens is 304 g/mol. The summed E-state index contributed by atoms with van der Waals surface area (Å²) in [6.45, 7) is 2.97. The fraction of sp³-hybridized carbons (Fsp3) is 0.786. The number of aromatic nitrogens is 2. The molecule has 1 aliphatic rings. The standard InChI is InChI=1S/C14H25BrN4/c1-4-19-12(11(15)10-17-19)13(16)14(18(2)3)8-6-5-7-9-14/h10,13H,4-9,16H2,1-3H3. The molecule has 0 aliphatic heterocycles. The Morgan fingerprint density at radius 1 is 1.42 bits per heavy atom. The van der Waals surface area contributed by atoms with Crippen LogP contribution in [0.4, 0.5) is 0 Å². The van der Waals surface area contributed by atoms with E-state index in [0.717, 1.165) is 16.7 Å². The average Bonchev–Trinajstić information content (AvgIpc) is 2.79. The summed E-state index contributed by atoms with van der Waals surface area (Å²) in [4.78, 5) is 2.33. The molecule has 0 aromatic carbocycles. The quantitative estimate of drug-likeness (QED) is 0.924. The highest BCUT2D eigenvalue weighted by Gasteiger charge is 2.42. The fourth-order valence-corrected chi connectivity index (χ4v) is 3.93. The second kappa shape index (κ2) is 5.94. The molecule has 19 heavy (non-hydrogen) atoms. The Labute approximate surface area is 124 Å². The molecule has 0 amide bonds. The highest BCUT2D eigenvalue weighted by Crippen LogP contribution is 2.42. The van der Waals surface area contributed by atoms with Crippen LogP contribution in [0.3, 0.4) is 0 Å². The van der Waals surface area contributed by atoms with Crippen molar-refractivity contribution in [3.05, 3.63) is 16.4 Å². The van der Waals surface area contributed by atoms with E-state index in [1.807, 2.05) is 10.9 Å². The van der Waals surface area contributed by atoms with E-state index in [0.29, 0.717) is 0 Å². The van der Waals surface area contributed by atoms with E-state index in [1.165, 1.54) is 32.1 Å². The number of hydrogen-bond donors (Lipinski definition) is 1. The van der Waals surface area contributed by atoms with Crippen molar-refractivity contribution in [2.45, 2.75) is 57.2 Å². The summed E-state index contributed by atoms with van der Waals surface area (Å²) in [5, 5.41) is 4.41. The van der Waals surface area contributed by atoms with E-state index in [-0.39, 0.29) is 11.6 Å². The third-order valence-corrected chi connectivity index (χ3v) is 5.23. The Hall–Kier alpha value is -0.390. The normalized spacial score (nSPS) is 20.7. The zero-order valence-corrected chi connectivity index (χ0v) is 13.8. The first kappa shape index (κ1) is 15.0. The summed E-state index contributed by atoms with van der Waals surface area (Å²) < 4.78 is 3.06. The summed E-state index contributed by atoms with van der Waals surface area (Å²) in [5.41, 5.74) is 7.90. The summed E-state index contributed by atoms with van der Waals surface area (Å²) in [7, 11) is 4.32. The third kappa shape index (κ3) is 2.60. The molecule has 5 heteroatoms. The number of hydrogen-bond acceptors (Lipinski definition) is 3. The predicted octanol–water partition coefficient (Wildman–Crippen LogP) is 2.93. The van der Waals surface area contributed by atoms with Gasteiger partial charge in [0.05, 0.1) is 22.4 Å². The van der Waals surface area contributed by atoms with Gasteiger partial charge in [0, 0.05) is 12.1 Å². The van der Waals surface area contributed by atoms with Gasteiger partial charge >= 0.3 is 0 Å². The second-order valence-electron chi connectivity index (χ2n) is 5.73. The van der Waals surface area contributed by atoms with Crippen LogP contribution in [0.25, 0.3) is 0 Å². The Kier molecular flexibility index (Phi) is 4.69. The van der Waals surface area contributed by atoms with Crippen LogP contribution in [0, 0.1) is 0 Å². The van der Waals surface area contributed by atoms with Gasteiger partial charge in [-0.3, -0.25) is 4.68 Å². The maximum Gasteiger partial charge on any atom is 0.0712 e. The monoisotopic (exact) mass is 328 g/mol. The van der Waals surface area contributed by atoms with Crippen molar-refractivity contribution in [3.8, 4) is 0 Å². The first-order valence-corrected chi connectivity index (χ1v) is 7.96. The molecule has 0 bridgehead atoms. The molecule has 1 aromatic rings. The van der Waals surface area contributed by atoms with Crippen molar-refractivity contribution in [3.63, 3.8) is 0 Å². The van der Waals surface area contributed by atoms with Crippen molar-refractivity contribution >= 4 is 15.9 Å². The van der Waals surface area contributed by atoms with E-state index in [4.69, 9.17) is 5.73 Å². The molecule has 1 unspecified atom stereocenters. The van der Waals surface area contributed by atoms with Gasteiger partial charge in [-0.1, -0.05) is 19.3 Å². The van der Waals surface area contributed by atoms with Crippen molar-refractivity contribution in [1.29, 1.82) is 0 Å². The molecule has 1 fully saturated rings. The van der Waals surface area contributed by atoms with Gasteiger partial charge in [-0.25, -0.2) is 0 Å². The van der Waals surface area contributed by atoms with Crippen LogP contribution in [0.5, 0.6) is 0 Å². The van der Waals surface area contributed by atoms with Gasteiger partial charge in [-0.15, -0.1) is 0 Å². The summed E-state index contributed by atoms with van der Waals surface area (Å²) >= 11 is 3.62. The van der Waals surface area contributed by atoms with Crippen LogP contribution in [-0.2, 0) is 6.54 Å². The summed E-state index contributed by atoms with van der Waals surface area (Å²) in [6, 6.07) is -0.000347. The Morgan fingerprint density at radius 2 is 2.05 bits per heavy atom. The van der Waals surface area contributed by atoms with Crippen molar-refractivity contribution in [1.82, 2.24) is 14.7 Å². The highest BCUT2D eigenvalue weighted by atomic mass is 79.9. The summed E-state index contributed by atoms with van der Waals surface area (Å²) in [6.07, 6.45) is 8.07. The number of nitrogens with zero attached hydrogens (tertiary/aromatic N) is 3. The van der Waals surface area contributed by atoms with Gasteiger partial charge in [0.15, 0.2) is 0 Å². The maximum atomic E-state index is 6.69. The minimum absolute atomic E-state index is 0.000347. The zero-order chi connectivity index (χ0) is 14.0. The zero-order valence-electron chi connectivity index (χ0n) is 12.2. The van der Waals surface area contributed by atoms with E-state index in [9.17, 15) is 0 Å². The molecule has 1 aliphatic carbocycles. The molecule has 0 spiro atoms.